The second kappa shape index (κ2) is 8.34. The number of hydrogen-bond acceptors (Lipinski definition) is 6. The second-order valence-electron chi connectivity index (χ2n) is 5.89. The van der Waals surface area contributed by atoms with Crippen molar-refractivity contribution < 1.29 is 9.59 Å². The Bertz CT molecular complexity index is 690. The van der Waals surface area contributed by atoms with E-state index < -0.39 is 6.04 Å². The predicted octanol–water partition coefficient (Wildman–Crippen LogP) is -0.751. The third kappa shape index (κ3) is 4.83. The van der Waals surface area contributed by atoms with Gasteiger partial charge >= 0.3 is 0 Å². The Morgan fingerprint density at radius 1 is 1.32 bits per heavy atom. The first-order valence-electron chi connectivity index (χ1n) is 8.27. The lowest BCUT2D eigenvalue weighted by Crippen LogP contribution is -2.56. The van der Waals surface area contributed by atoms with Gasteiger partial charge in [0.2, 0.25) is 11.8 Å². The van der Waals surface area contributed by atoms with Gasteiger partial charge in [0.05, 0.1) is 19.0 Å². The Balaban J connectivity index is 1.53. The maximum Gasteiger partial charge on any atom is 0.237 e. The van der Waals surface area contributed by atoms with Crippen molar-refractivity contribution in [2.75, 3.05) is 19.6 Å². The van der Waals surface area contributed by atoms with Crippen LogP contribution in [0.5, 0.6) is 0 Å². The molecule has 0 radical (unpaired) electrons. The molecule has 0 spiro atoms. The molecule has 3 rings (SSSR count). The number of nitrogens with one attached hydrogen (secondary N) is 3. The molecule has 25 heavy (non-hydrogen) atoms. The number of nitrogens with zero attached hydrogens (tertiary/aromatic N) is 4. The van der Waals surface area contributed by atoms with E-state index in [2.05, 4.69) is 48.3 Å². The van der Waals surface area contributed by atoms with E-state index in [0.717, 1.165) is 19.5 Å². The van der Waals surface area contributed by atoms with Crippen LogP contribution in [-0.2, 0) is 22.6 Å². The average Bonchev–Trinajstić information content (AvgIpc) is 3.15. The highest BCUT2D eigenvalue weighted by Gasteiger charge is 2.31. The van der Waals surface area contributed by atoms with Crippen LogP contribution in [0.15, 0.2) is 30.3 Å². The van der Waals surface area contributed by atoms with Crippen LogP contribution in [0.3, 0.4) is 0 Å². The Kier molecular flexibility index (Phi) is 5.68. The zero-order chi connectivity index (χ0) is 17.5. The zero-order valence-electron chi connectivity index (χ0n) is 13.8. The molecule has 0 unspecified atom stereocenters. The molecule has 2 heterocycles. The Labute approximate surface area is 145 Å². The van der Waals surface area contributed by atoms with Gasteiger partial charge in [-0.15, -0.1) is 10.2 Å². The van der Waals surface area contributed by atoms with Gasteiger partial charge in [0.15, 0.2) is 5.82 Å². The predicted molar refractivity (Wildman–Crippen MR) is 89.2 cm³/mol. The third-order valence-electron chi connectivity index (χ3n) is 4.18. The summed E-state index contributed by atoms with van der Waals surface area (Å²) in [5.41, 5.74) is 1.22. The van der Waals surface area contributed by atoms with Crippen LogP contribution in [0.4, 0.5) is 0 Å². The van der Waals surface area contributed by atoms with Crippen molar-refractivity contribution in [3.8, 4) is 0 Å². The summed E-state index contributed by atoms with van der Waals surface area (Å²) in [5.74, 6) is 0.0907. The molecule has 1 aliphatic heterocycles. The van der Waals surface area contributed by atoms with E-state index >= 15 is 0 Å². The summed E-state index contributed by atoms with van der Waals surface area (Å²) in [5, 5.41) is 18.9. The van der Waals surface area contributed by atoms with Crippen molar-refractivity contribution in [3.63, 3.8) is 0 Å². The maximum absolute atomic E-state index is 12.2. The van der Waals surface area contributed by atoms with Gasteiger partial charge in [-0.3, -0.25) is 14.5 Å². The number of carbonyl (C=O) groups is 2. The summed E-state index contributed by atoms with van der Waals surface area (Å²) in [7, 11) is 0. The Morgan fingerprint density at radius 2 is 2.16 bits per heavy atom. The minimum absolute atomic E-state index is 0.103. The number of carbonyl (C=O) groups excluding carboxylic acids is 2. The highest BCUT2D eigenvalue weighted by molar-refractivity contribution is 5.88. The van der Waals surface area contributed by atoms with Crippen molar-refractivity contribution in [1.29, 1.82) is 0 Å². The molecule has 9 heteroatoms. The topological polar surface area (TPSA) is 116 Å². The quantitative estimate of drug-likeness (QED) is 0.609. The number of aromatic amines is 1. The second-order valence-corrected chi connectivity index (χ2v) is 5.89. The van der Waals surface area contributed by atoms with Crippen LogP contribution in [0.25, 0.3) is 0 Å². The van der Waals surface area contributed by atoms with E-state index in [1.165, 1.54) is 5.56 Å². The number of aromatic nitrogens is 4. The molecule has 0 aliphatic carbocycles. The number of piperazine rings is 1. The fraction of sp³-hybridized carbons (Fsp3) is 0.438. The highest BCUT2D eigenvalue weighted by Crippen LogP contribution is 2.11. The molecule has 2 aromatic rings. The van der Waals surface area contributed by atoms with E-state index in [0.29, 0.717) is 12.4 Å². The van der Waals surface area contributed by atoms with Gasteiger partial charge in [-0.1, -0.05) is 35.5 Å². The number of amides is 2. The smallest absolute Gasteiger partial charge is 0.237 e. The summed E-state index contributed by atoms with van der Waals surface area (Å²) >= 11 is 0. The molecule has 1 saturated heterocycles. The van der Waals surface area contributed by atoms with Crippen LogP contribution in [0.1, 0.15) is 17.8 Å². The number of H-pyrrole nitrogens is 1. The van der Waals surface area contributed by atoms with Crippen molar-refractivity contribution in [3.05, 3.63) is 41.7 Å². The molecule has 1 fully saturated rings. The number of hydrogen-bond donors (Lipinski definition) is 3. The molecular weight excluding hydrogens is 322 g/mol. The highest BCUT2D eigenvalue weighted by atomic mass is 16.2. The molecule has 1 aliphatic rings. The lowest BCUT2D eigenvalue weighted by molar-refractivity contribution is -0.134. The number of tetrazole rings is 1. The first-order valence-corrected chi connectivity index (χ1v) is 8.27. The molecular formula is C16H21N7O2. The standard InChI is InChI=1S/C16H21N7O2/c24-15(18-11-14-19-21-22-20-14)10-13-16(25)17-7-9-23(13)8-6-12-4-2-1-3-5-12/h1-5,13H,6-11H2,(H,17,25)(H,18,24)(H,19,20,21,22)/t13-/m0/s1. The minimum atomic E-state index is -0.456. The van der Waals surface area contributed by atoms with Crippen molar-refractivity contribution in [2.45, 2.75) is 25.4 Å². The molecule has 132 valence electrons. The van der Waals surface area contributed by atoms with Gasteiger partial charge in [0.25, 0.3) is 0 Å². The summed E-state index contributed by atoms with van der Waals surface area (Å²) in [4.78, 5) is 26.4. The molecule has 3 N–H and O–H groups in total. The lowest BCUT2D eigenvalue weighted by atomic mass is 10.1. The summed E-state index contributed by atoms with van der Waals surface area (Å²) in [6.45, 7) is 2.27. The van der Waals surface area contributed by atoms with Crippen molar-refractivity contribution >= 4 is 11.8 Å². The Hall–Kier alpha value is -2.81. The van der Waals surface area contributed by atoms with Gasteiger partial charge in [-0.25, -0.2) is 0 Å². The molecule has 9 nitrogen and oxygen atoms in total. The van der Waals surface area contributed by atoms with Crippen LogP contribution in [0, 0.1) is 0 Å². The average molecular weight is 343 g/mol. The fourth-order valence-corrected chi connectivity index (χ4v) is 2.85. The molecule has 2 amide bonds. The van der Waals surface area contributed by atoms with Crippen LogP contribution in [-0.4, -0.2) is 63.0 Å². The summed E-state index contributed by atoms with van der Waals surface area (Å²) in [6, 6.07) is 9.66. The van der Waals surface area contributed by atoms with Gasteiger partial charge < -0.3 is 10.6 Å². The molecule has 1 aromatic heterocycles. The van der Waals surface area contributed by atoms with Crippen LogP contribution >= 0.6 is 0 Å². The molecule has 1 aromatic carbocycles. The van der Waals surface area contributed by atoms with E-state index in [-0.39, 0.29) is 24.8 Å². The third-order valence-corrected chi connectivity index (χ3v) is 4.18. The van der Waals surface area contributed by atoms with Crippen molar-refractivity contribution in [1.82, 2.24) is 36.2 Å². The first kappa shape index (κ1) is 17.0. The summed E-state index contributed by atoms with van der Waals surface area (Å²) < 4.78 is 0. The monoisotopic (exact) mass is 343 g/mol. The van der Waals surface area contributed by atoms with E-state index in [4.69, 9.17) is 0 Å². The van der Waals surface area contributed by atoms with Gasteiger partial charge in [-0.2, -0.15) is 5.21 Å². The van der Waals surface area contributed by atoms with Gasteiger partial charge in [-0.05, 0) is 12.0 Å². The van der Waals surface area contributed by atoms with E-state index in [1.807, 2.05) is 18.2 Å². The van der Waals surface area contributed by atoms with Crippen LogP contribution in [0.2, 0.25) is 0 Å². The van der Waals surface area contributed by atoms with E-state index in [9.17, 15) is 9.59 Å². The largest absolute Gasteiger partial charge is 0.353 e. The number of rotatable bonds is 7. The van der Waals surface area contributed by atoms with Crippen LogP contribution < -0.4 is 10.6 Å². The molecule has 0 bridgehead atoms. The molecule has 1 atom stereocenters. The zero-order valence-corrected chi connectivity index (χ0v) is 13.8. The Morgan fingerprint density at radius 3 is 2.92 bits per heavy atom. The normalized spacial score (nSPS) is 17.9. The van der Waals surface area contributed by atoms with Gasteiger partial charge in [0.1, 0.15) is 0 Å². The van der Waals surface area contributed by atoms with Gasteiger partial charge in [0, 0.05) is 19.6 Å². The van der Waals surface area contributed by atoms with E-state index in [1.54, 1.807) is 0 Å². The SMILES string of the molecule is O=C(C[C@H]1C(=O)NCCN1CCc1ccccc1)NCc1nn[nH]n1. The van der Waals surface area contributed by atoms with Crippen molar-refractivity contribution in [2.24, 2.45) is 0 Å². The molecule has 0 saturated carbocycles. The maximum atomic E-state index is 12.2. The minimum Gasteiger partial charge on any atom is -0.353 e. The lowest BCUT2D eigenvalue weighted by Gasteiger charge is -2.34. The first-order chi connectivity index (χ1) is 12.2. The fourth-order valence-electron chi connectivity index (χ4n) is 2.85. The number of benzene rings is 1. The summed E-state index contributed by atoms with van der Waals surface area (Å²) in [6.07, 6.45) is 0.952.